The third kappa shape index (κ3) is 4.76. The average molecular weight is 333 g/mol. The molecule has 0 spiro atoms. The summed E-state index contributed by atoms with van der Waals surface area (Å²) in [5, 5.41) is 16.1. The van der Waals surface area contributed by atoms with E-state index in [1.807, 2.05) is 24.3 Å². The number of carbonyl (C=O) groups excluding carboxylic acids is 1. The number of aliphatic hydroxyl groups excluding tert-OH is 1. The predicted octanol–water partition coefficient (Wildman–Crippen LogP) is 1.39. The monoisotopic (exact) mass is 332 g/mol. The molecule has 104 valence electrons. The summed E-state index contributed by atoms with van der Waals surface area (Å²) >= 11 is 3.33. The number of ether oxygens (including phenoxy) is 1. The zero-order valence-corrected chi connectivity index (χ0v) is 11.4. The number of aliphatic hydroxyl groups is 1. The van der Waals surface area contributed by atoms with Crippen molar-refractivity contribution in [3.8, 4) is 0 Å². The molecule has 1 unspecified atom stereocenters. The van der Waals surface area contributed by atoms with Gasteiger partial charge in [-0.3, -0.25) is 4.90 Å². The van der Waals surface area contributed by atoms with Gasteiger partial charge in [0.15, 0.2) is 0 Å². The van der Waals surface area contributed by atoms with Crippen molar-refractivity contribution in [3.05, 3.63) is 28.7 Å². The second-order valence-corrected chi connectivity index (χ2v) is 4.53. The van der Waals surface area contributed by atoms with Crippen LogP contribution in [-0.4, -0.2) is 41.7 Å². The minimum absolute atomic E-state index is 0.143. The second-order valence-electron chi connectivity index (χ2n) is 3.62. The van der Waals surface area contributed by atoms with Crippen LogP contribution in [0.3, 0.4) is 0 Å². The Hall–Kier alpha value is -1.80. The first-order valence-corrected chi connectivity index (χ1v) is 6.06. The number of nitrogens with zero attached hydrogens (tertiary/aromatic N) is 1. The maximum Gasteiger partial charge on any atom is 0.414 e. The third-order valence-electron chi connectivity index (χ3n) is 2.20. The summed E-state index contributed by atoms with van der Waals surface area (Å²) in [4.78, 5) is 21.7. The lowest BCUT2D eigenvalue weighted by atomic mass is 10.3. The topological polar surface area (TPSA) is 113 Å². The summed E-state index contributed by atoms with van der Waals surface area (Å²) in [6.07, 6.45) is -2.16. The van der Waals surface area contributed by atoms with Gasteiger partial charge in [-0.2, -0.15) is 0 Å². The Labute approximate surface area is 117 Å². The van der Waals surface area contributed by atoms with Gasteiger partial charge in [0.2, 0.25) is 0 Å². The fourth-order valence-corrected chi connectivity index (χ4v) is 1.86. The molecule has 19 heavy (non-hydrogen) atoms. The average Bonchev–Trinajstić information content (AvgIpc) is 2.70. The van der Waals surface area contributed by atoms with Gasteiger partial charge in [0.25, 0.3) is 0 Å². The molecule has 1 aromatic carbocycles. The molecule has 2 amide bonds. The first-order valence-electron chi connectivity index (χ1n) is 5.27. The molecule has 1 saturated heterocycles. The number of rotatable bonds is 2. The molecule has 0 saturated carbocycles. The van der Waals surface area contributed by atoms with Crippen LogP contribution in [0.15, 0.2) is 28.7 Å². The second kappa shape index (κ2) is 6.95. The fourth-order valence-electron chi connectivity index (χ4n) is 1.47. The number of hydrogen-bond donors (Lipinski definition) is 3. The molecule has 1 aliphatic heterocycles. The molecule has 7 nitrogen and oxygen atoms in total. The number of anilines is 1. The van der Waals surface area contributed by atoms with Crippen LogP contribution in [0.1, 0.15) is 0 Å². The Bertz CT molecular complexity index is 464. The van der Waals surface area contributed by atoms with Gasteiger partial charge in [0, 0.05) is 10.2 Å². The lowest BCUT2D eigenvalue weighted by Crippen LogP contribution is -2.25. The van der Waals surface area contributed by atoms with Gasteiger partial charge in [0.05, 0.1) is 13.2 Å². The van der Waals surface area contributed by atoms with E-state index in [0.29, 0.717) is 6.54 Å². The summed E-state index contributed by atoms with van der Waals surface area (Å²) in [6, 6.07) is 7.39. The van der Waals surface area contributed by atoms with E-state index >= 15 is 0 Å². The summed E-state index contributed by atoms with van der Waals surface area (Å²) in [7, 11) is 0. The molecule has 1 heterocycles. The maximum atomic E-state index is 11.4. The molecule has 0 bridgehead atoms. The predicted molar refractivity (Wildman–Crippen MR) is 71.1 cm³/mol. The van der Waals surface area contributed by atoms with E-state index in [4.69, 9.17) is 19.7 Å². The zero-order chi connectivity index (χ0) is 14.4. The van der Waals surface area contributed by atoms with Crippen molar-refractivity contribution in [2.24, 2.45) is 5.73 Å². The number of amides is 2. The van der Waals surface area contributed by atoms with Crippen molar-refractivity contribution in [2.75, 3.05) is 18.1 Å². The molecular formula is C11H13BrN2O5. The molecule has 2 rings (SSSR count). The van der Waals surface area contributed by atoms with Crippen molar-refractivity contribution in [2.45, 2.75) is 6.10 Å². The van der Waals surface area contributed by atoms with Crippen molar-refractivity contribution in [3.63, 3.8) is 0 Å². The summed E-state index contributed by atoms with van der Waals surface area (Å²) in [5.74, 6) is 0. The van der Waals surface area contributed by atoms with Crippen LogP contribution in [-0.2, 0) is 4.74 Å². The van der Waals surface area contributed by atoms with Crippen LogP contribution in [0, 0.1) is 0 Å². The molecule has 1 aliphatic rings. The Morgan fingerprint density at radius 1 is 1.58 bits per heavy atom. The van der Waals surface area contributed by atoms with Gasteiger partial charge >= 0.3 is 12.2 Å². The van der Waals surface area contributed by atoms with Gasteiger partial charge in [0.1, 0.15) is 6.10 Å². The van der Waals surface area contributed by atoms with Gasteiger partial charge in [-0.05, 0) is 18.2 Å². The Kier molecular flexibility index (Phi) is 5.58. The fraction of sp³-hybridized carbons (Fsp3) is 0.273. The highest BCUT2D eigenvalue weighted by Crippen LogP contribution is 2.24. The molecule has 1 aromatic rings. The van der Waals surface area contributed by atoms with Crippen LogP contribution in [0.4, 0.5) is 15.3 Å². The van der Waals surface area contributed by atoms with Crippen molar-refractivity contribution in [1.82, 2.24) is 0 Å². The van der Waals surface area contributed by atoms with E-state index in [-0.39, 0.29) is 6.61 Å². The van der Waals surface area contributed by atoms with Crippen LogP contribution in [0.5, 0.6) is 0 Å². The lowest BCUT2D eigenvalue weighted by Gasteiger charge is -2.12. The number of hydrogen-bond acceptors (Lipinski definition) is 4. The highest BCUT2D eigenvalue weighted by atomic mass is 79.9. The number of nitrogens with two attached hydrogens (primary N) is 1. The van der Waals surface area contributed by atoms with Crippen molar-refractivity contribution < 1.29 is 24.5 Å². The number of carbonyl (C=O) groups is 2. The first-order chi connectivity index (χ1) is 8.93. The SMILES string of the molecule is NC(=O)O.O=C1OC(CO)CN1c1cccc(Br)c1. The van der Waals surface area contributed by atoms with Gasteiger partial charge in [-0.1, -0.05) is 22.0 Å². The molecule has 0 aromatic heterocycles. The summed E-state index contributed by atoms with van der Waals surface area (Å²) in [5.41, 5.74) is 4.80. The minimum Gasteiger partial charge on any atom is -0.465 e. The van der Waals surface area contributed by atoms with Crippen molar-refractivity contribution in [1.29, 1.82) is 0 Å². The quantitative estimate of drug-likeness (QED) is 0.757. The number of halogens is 1. The Morgan fingerprint density at radius 3 is 2.68 bits per heavy atom. The van der Waals surface area contributed by atoms with E-state index in [1.165, 1.54) is 4.90 Å². The number of primary amides is 1. The third-order valence-corrected chi connectivity index (χ3v) is 2.69. The van der Waals surface area contributed by atoms with E-state index in [9.17, 15) is 4.79 Å². The standard InChI is InChI=1S/C10H10BrNO3.CH3NO2/c11-7-2-1-3-8(4-7)12-5-9(6-13)15-10(12)14;2-1(3)4/h1-4,9,13H,5-6H2;2H2,(H,3,4). The number of benzene rings is 1. The van der Waals surface area contributed by atoms with Crippen LogP contribution < -0.4 is 10.6 Å². The minimum atomic E-state index is -1.33. The summed E-state index contributed by atoms with van der Waals surface area (Å²) < 4.78 is 5.84. The van der Waals surface area contributed by atoms with E-state index in [1.54, 1.807) is 0 Å². The van der Waals surface area contributed by atoms with Crippen LogP contribution in [0.25, 0.3) is 0 Å². The molecule has 0 aliphatic carbocycles. The Morgan fingerprint density at radius 2 is 2.21 bits per heavy atom. The van der Waals surface area contributed by atoms with Gasteiger partial charge in [-0.15, -0.1) is 0 Å². The highest BCUT2D eigenvalue weighted by molar-refractivity contribution is 9.10. The Balaban J connectivity index is 0.000000399. The molecule has 1 fully saturated rings. The molecule has 4 N–H and O–H groups in total. The normalized spacial score (nSPS) is 17.5. The number of carboxylic acid groups (broad SMARTS) is 1. The van der Waals surface area contributed by atoms with Crippen LogP contribution in [0.2, 0.25) is 0 Å². The molecule has 0 radical (unpaired) electrons. The van der Waals surface area contributed by atoms with Gasteiger partial charge in [-0.25, -0.2) is 9.59 Å². The molecular weight excluding hydrogens is 320 g/mol. The molecule has 1 atom stereocenters. The number of cyclic esters (lactones) is 1. The lowest BCUT2D eigenvalue weighted by molar-refractivity contribution is 0.0963. The largest absolute Gasteiger partial charge is 0.465 e. The van der Waals surface area contributed by atoms with E-state index in [0.717, 1.165) is 10.2 Å². The van der Waals surface area contributed by atoms with Crippen LogP contribution >= 0.6 is 15.9 Å². The highest BCUT2D eigenvalue weighted by Gasteiger charge is 2.31. The van der Waals surface area contributed by atoms with Gasteiger partial charge < -0.3 is 20.7 Å². The van der Waals surface area contributed by atoms with Crippen molar-refractivity contribution >= 4 is 33.8 Å². The summed E-state index contributed by atoms with van der Waals surface area (Å²) in [6.45, 7) is 0.252. The van der Waals surface area contributed by atoms with E-state index in [2.05, 4.69) is 21.7 Å². The smallest absolute Gasteiger partial charge is 0.414 e. The zero-order valence-electron chi connectivity index (χ0n) is 9.82. The van der Waals surface area contributed by atoms with E-state index < -0.39 is 18.3 Å². The molecule has 8 heteroatoms. The first kappa shape index (κ1) is 15.3. The maximum absolute atomic E-state index is 11.4.